The van der Waals surface area contributed by atoms with Gasteiger partial charge in [-0.3, -0.25) is 0 Å². The van der Waals surface area contributed by atoms with Crippen LogP contribution in [-0.4, -0.2) is 37.2 Å². The second kappa shape index (κ2) is 10.5. The van der Waals surface area contributed by atoms with Crippen LogP contribution < -0.4 is 10.6 Å². The van der Waals surface area contributed by atoms with Crippen LogP contribution in [-0.2, 0) is 15.6 Å². The molecule has 0 amide bonds. The minimum absolute atomic E-state index is 0.0532. The Bertz CT molecular complexity index is 999. The van der Waals surface area contributed by atoms with E-state index in [-0.39, 0.29) is 22.2 Å². The Balaban J connectivity index is 2.10. The van der Waals surface area contributed by atoms with Gasteiger partial charge in [-0.15, -0.1) is 6.42 Å². The number of benzene rings is 1. The van der Waals surface area contributed by atoms with Crippen molar-refractivity contribution < 1.29 is 8.42 Å². The van der Waals surface area contributed by atoms with Gasteiger partial charge < -0.3 is 15.6 Å². The summed E-state index contributed by atoms with van der Waals surface area (Å²) < 4.78 is 25.6. The molecule has 0 aliphatic carbocycles. The zero-order chi connectivity index (χ0) is 20.4. The summed E-state index contributed by atoms with van der Waals surface area (Å²) in [5.41, 5.74) is 2.01. The summed E-state index contributed by atoms with van der Waals surface area (Å²) >= 11 is 1.66. The molecular weight excluding hydrogens is 394 g/mol. The van der Waals surface area contributed by atoms with Gasteiger partial charge in [-0.1, -0.05) is 24.1 Å². The molecule has 28 heavy (non-hydrogen) atoms. The summed E-state index contributed by atoms with van der Waals surface area (Å²) in [7, 11) is -3.96. The molecule has 1 aromatic heterocycles. The number of rotatable bonds is 10. The van der Waals surface area contributed by atoms with Crippen LogP contribution in [0.15, 0.2) is 52.3 Å². The van der Waals surface area contributed by atoms with Crippen LogP contribution in [0.5, 0.6) is 0 Å². The van der Waals surface area contributed by atoms with Crippen molar-refractivity contribution in [2.75, 3.05) is 18.8 Å². The third kappa shape index (κ3) is 5.56. The lowest BCUT2D eigenvalue weighted by atomic mass is 10.4. The van der Waals surface area contributed by atoms with E-state index in [1.165, 1.54) is 12.1 Å². The maximum absolute atomic E-state index is 12.8. The third-order valence-corrected chi connectivity index (χ3v) is 6.46. The highest BCUT2D eigenvalue weighted by molar-refractivity contribution is 7.98. The van der Waals surface area contributed by atoms with Gasteiger partial charge in [-0.2, -0.15) is 17.0 Å². The normalized spacial score (nSPS) is 11.8. The third-order valence-electron chi connectivity index (χ3n) is 3.75. The first-order valence-corrected chi connectivity index (χ1v) is 11.1. The minimum atomic E-state index is -3.96. The molecule has 7 nitrogen and oxygen atoms in total. The first-order valence-electron chi connectivity index (χ1n) is 8.43. The Hall–Kier alpha value is -2.88. The number of terminal acetylenes is 1. The number of nitriles is 1. The van der Waals surface area contributed by atoms with Crippen molar-refractivity contribution in [1.29, 1.82) is 5.26 Å². The highest BCUT2D eigenvalue weighted by atomic mass is 32.2. The number of aromatic amines is 1. The van der Waals surface area contributed by atoms with Crippen molar-refractivity contribution in [3.8, 4) is 18.4 Å². The average molecular weight is 416 g/mol. The van der Waals surface area contributed by atoms with E-state index in [4.69, 9.17) is 6.42 Å². The monoisotopic (exact) mass is 415 g/mol. The lowest BCUT2D eigenvalue weighted by Gasteiger charge is -2.14. The van der Waals surface area contributed by atoms with Crippen molar-refractivity contribution in [3.05, 3.63) is 58.8 Å². The summed E-state index contributed by atoms with van der Waals surface area (Å²) in [6.07, 6.45) is 6.93. The standard InChI is InChI=1S/C19H21N5O2S2/c1-3-9-21-19(22-10-11-27-13-17-15(2)23-14-24-17)18(12-20)28(25,26)16-7-5-4-6-8-16/h1,4-8,14,21-22H,9-11,13H2,2H3,(H,23,24). The maximum atomic E-state index is 12.8. The number of aromatic nitrogens is 2. The topological polar surface area (TPSA) is 111 Å². The molecule has 146 valence electrons. The van der Waals surface area contributed by atoms with Gasteiger partial charge >= 0.3 is 0 Å². The van der Waals surface area contributed by atoms with E-state index >= 15 is 0 Å². The number of hydrogen-bond acceptors (Lipinski definition) is 7. The number of allylic oxidation sites excluding steroid dienone is 1. The molecule has 0 saturated heterocycles. The Morgan fingerprint density at radius 2 is 2.07 bits per heavy atom. The summed E-state index contributed by atoms with van der Waals surface area (Å²) in [6.45, 7) is 2.49. The summed E-state index contributed by atoms with van der Waals surface area (Å²) in [4.78, 5) is 6.89. The molecule has 1 heterocycles. The molecule has 2 rings (SSSR count). The number of imidazole rings is 1. The Morgan fingerprint density at radius 1 is 1.32 bits per heavy atom. The Labute approximate surface area is 169 Å². The van der Waals surface area contributed by atoms with Crippen molar-refractivity contribution in [1.82, 2.24) is 20.6 Å². The molecule has 0 bridgehead atoms. The number of hydrogen-bond donors (Lipinski definition) is 3. The van der Waals surface area contributed by atoms with Crippen LogP contribution in [0.25, 0.3) is 0 Å². The van der Waals surface area contributed by atoms with E-state index in [1.54, 1.807) is 42.4 Å². The molecule has 0 unspecified atom stereocenters. The second-order valence-electron chi connectivity index (χ2n) is 5.64. The van der Waals surface area contributed by atoms with Crippen molar-refractivity contribution >= 4 is 21.6 Å². The van der Waals surface area contributed by atoms with Crippen LogP contribution in [0.1, 0.15) is 11.4 Å². The molecular formula is C19H21N5O2S2. The van der Waals surface area contributed by atoms with E-state index < -0.39 is 9.84 Å². The molecule has 0 atom stereocenters. The lowest BCUT2D eigenvalue weighted by Crippen LogP contribution is -2.31. The predicted octanol–water partition coefficient (Wildman–Crippen LogP) is 1.93. The molecule has 0 radical (unpaired) electrons. The second-order valence-corrected chi connectivity index (χ2v) is 8.63. The van der Waals surface area contributed by atoms with Crippen molar-refractivity contribution in [2.45, 2.75) is 17.6 Å². The molecule has 0 saturated carbocycles. The summed E-state index contributed by atoms with van der Waals surface area (Å²) in [5.74, 6) is 3.96. The van der Waals surface area contributed by atoms with Crippen LogP contribution in [0.3, 0.4) is 0 Å². The highest BCUT2D eigenvalue weighted by Crippen LogP contribution is 2.20. The van der Waals surface area contributed by atoms with Gasteiger partial charge in [0.1, 0.15) is 11.9 Å². The number of H-pyrrole nitrogens is 1. The first-order chi connectivity index (χ1) is 13.5. The zero-order valence-electron chi connectivity index (χ0n) is 15.4. The molecule has 3 N–H and O–H groups in total. The van der Waals surface area contributed by atoms with Crippen LogP contribution in [0, 0.1) is 30.6 Å². The Morgan fingerprint density at radius 3 is 2.68 bits per heavy atom. The summed E-state index contributed by atoms with van der Waals surface area (Å²) in [5, 5.41) is 15.3. The number of aryl methyl sites for hydroxylation is 1. The highest BCUT2D eigenvalue weighted by Gasteiger charge is 2.24. The fourth-order valence-electron chi connectivity index (χ4n) is 2.29. The van der Waals surface area contributed by atoms with Crippen molar-refractivity contribution in [2.24, 2.45) is 0 Å². The largest absolute Gasteiger partial charge is 0.369 e. The predicted molar refractivity (Wildman–Crippen MR) is 111 cm³/mol. The van der Waals surface area contributed by atoms with Crippen molar-refractivity contribution in [3.63, 3.8) is 0 Å². The molecule has 0 spiro atoms. The van der Waals surface area contributed by atoms with E-state index in [9.17, 15) is 13.7 Å². The SMILES string of the molecule is C#CCNC(NCCSCc1[nH]cnc1C)=C(C#N)S(=O)(=O)c1ccccc1. The smallest absolute Gasteiger partial charge is 0.220 e. The van der Waals surface area contributed by atoms with E-state index in [2.05, 4.69) is 26.5 Å². The molecule has 2 aromatic rings. The number of sulfone groups is 1. The van der Waals surface area contributed by atoms with Gasteiger partial charge in [-0.05, 0) is 19.1 Å². The van der Waals surface area contributed by atoms with Crippen LogP contribution in [0.2, 0.25) is 0 Å². The number of nitrogens with one attached hydrogen (secondary N) is 3. The number of nitrogens with zero attached hydrogens (tertiary/aromatic N) is 2. The van der Waals surface area contributed by atoms with E-state index in [1.807, 2.05) is 6.92 Å². The average Bonchev–Trinajstić information content (AvgIpc) is 3.11. The molecule has 0 aliphatic heterocycles. The fourth-order valence-corrected chi connectivity index (χ4v) is 4.46. The molecule has 0 fully saturated rings. The maximum Gasteiger partial charge on any atom is 0.220 e. The van der Waals surface area contributed by atoms with Gasteiger partial charge in [-0.25, -0.2) is 13.4 Å². The van der Waals surface area contributed by atoms with Gasteiger partial charge in [0.2, 0.25) is 9.84 Å². The zero-order valence-corrected chi connectivity index (χ0v) is 17.0. The molecule has 9 heteroatoms. The van der Waals surface area contributed by atoms with E-state index in [0.717, 1.165) is 17.1 Å². The van der Waals surface area contributed by atoms with Crippen LogP contribution >= 0.6 is 11.8 Å². The molecule has 1 aromatic carbocycles. The Kier molecular flexibility index (Phi) is 8.00. The molecule has 0 aliphatic rings. The van der Waals surface area contributed by atoms with Gasteiger partial charge in [0.05, 0.1) is 23.5 Å². The van der Waals surface area contributed by atoms with E-state index in [0.29, 0.717) is 12.3 Å². The fraction of sp³-hybridized carbons (Fsp3) is 0.263. The van der Waals surface area contributed by atoms with Crippen LogP contribution in [0.4, 0.5) is 0 Å². The minimum Gasteiger partial charge on any atom is -0.369 e. The lowest BCUT2D eigenvalue weighted by molar-refractivity contribution is 0.601. The number of thioether (sulfide) groups is 1. The van der Waals surface area contributed by atoms with Gasteiger partial charge in [0.15, 0.2) is 4.91 Å². The summed E-state index contributed by atoms with van der Waals surface area (Å²) in [6, 6.07) is 9.63. The van der Waals surface area contributed by atoms with Gasteiger partial charge in [0.25, 0.3) is 0 Å². The van der Waals surface area contributed by atoms with Gasteiger partial charge in [0, 0.05) is 23.7 Å². The quantitative estimate of drug-likeness (QED) is 0.309. The first kappa shape index (κ1) is 21.4.